The number of hydrogen-bond donors (Lipinski definition) is 2. The van der Waals surface area contributed by atoms with Gasteiger partial charge in [0.05, 0.1) is 18.1 Å². The van der Waals surface area contributed by atoms with Gasteiger partial charge in [0, 0.05) is 6.07 Å². The average molecular weight is 290 g/mol. The minimum absolute atomic E-state index is 0.243. The molecule has 0 spiro atoms. The number of benzene rings is 1. The summed E-state index contributed by atoms with van der Waals surface area (Å²) in [5.74, 6) is -1.60. The van der Waals surface area contributed by atoms with E-state index in [-0.39, 0.29) is 16.3 Å². The van der Waals surface area contributed by atoms with Crippen LogP contribution in [0, 0.1) is 10.1 Å². The van der Waals surface area contributed by atoms with Gasteiger partial charge in [-0.3, -0.25) is 14.9 Å². The number of carboxylic acids is 1. The molecular formula is C9H10N2O7S. The van der Waals surface area contributed by atoms with Gasteiger partial charge >= 0.3 is 5.97 Å². The fourth-order valence-corrected chi connectivity index (χ4v) is 2.35. The third kappa shape index (κ3) is 3.63. The molecular weight excluding hydrogens is 280 g/mol. The largest absolute Gasteiger partial charge is 0.495 e. The first-order valence-corrected chi connectivity index (χ1v) is 6.30. The Morgan fingerprint density at radius 2 is 2.16 bits per heavy atom. The second kappa shape index (κ2) is 5.63. The van der Waals surface area contributed by atoms with E-state index in [1.165, 1.54) is 0 Å². The summed E-state index contributed by atoms with van der Waals surface area (Å²) < 4.78 is 30.1. The zero-order valence-corrected chi connectivity index (χ0v) is 10.5. The van der Waals surface area contributed by atoms with Crippen molar-refractivity contribution in [3.8, 4) is 5.75 Å². The van der Waals surface area contributed by atoms with E-state index in [0.717, 1.165) is 25.3 Å². The van der Waals surface area contributed by atoms with Crippen LogP contribution in [0.25, 0.3) is 0 Å². The van der Waals surface area contributed by atoms with Crippen LogP contribution in [0.4, 0.5) is 5.69 Å². The number of nitro benzene ring substituents is 1. The smallest absolute Gasteiger partial charge is 0.318 e. The third-order valence-electron chi connectivity index (χ3n) is 2.06. The molecule has 19 heavy (non-hydrogen) atoms. The monoisotopic (exact) mass is 290 g/mol. The van der Waals surface area contributed by atoms with Crippen molar-refractivity contribution in [2.75, 3.05) is 13.7 Å². The quantitative estimate of drug-likeness (QED) is 0.554. The van der Waals surface area contributed by atoms with Crippen molar-refractivity contribution in [3.05, 3.63) is 28.3 Å². The summed E-state index contributed by atoms with van der Waals surface area (Å²) in [7, 11) is -2.97. The lowest BCUT2D eigenvalue weighted by Crippen LogP contribution is -2.29. The van der Waals surface area contributed by atoms with E-state index in [2.05, 4.69) is 0 Å². The summed E-state index contributed by atoms with van der Waals surface area (Å²) in [5.41, 5.74) is -0.339. The van der Waals surface area contributed by atoms with Gasteiger partial charge in [-0.15, -0.1) is 0 Å². The summed E-state index contributed by atoms with van der Waals surface area (Å²) in [6.07, 6.45) is 0. The van der Waals surface area contributed by atoms with Crippen molar-refractivity contribution in [3.63, 3.8) is 0 Å². The Morgan fingerprint density at radius 1 is 1.53 bits per heavy atom. The lowest BCUT2D eigenvalue weighted by molar-refractivity contribution is -0.385. The van der Waals surface area contributed by atoms with E-state index in [4.69, 9.17) is 9.84 Å². The van der Waals surface area contributed by atoms with E-state index in [9.17, 15) is 23.3 Å². The zero-order chi connectivity index (χ0) is 14.6. The molecule has 0 saturated heterocycles. The Labute approximate surface area is 108 Å². The molecule has 0 radical (unpaired) electrons. The first kappa shape index (κ1) is 14.9. The van der Waals surface area contributed by atoms with Gasteiger partial charge in [-0.05, 0) is 6.07 Å². The molecule has 1 aromatic rings. The number of nitrogens with one attached hydrogen (secondary N) is 1. The fraction of sp³-hybridized carbons (Fsp3) is 0.222. The van der Waals surface area contributed by atoms with Gasteiger partial charge in [-0.25, -0.2) is 8.42 Å². The molecule has 9 nitrogen and oxygen atoms in total. The van der Waals surface area contributed by atoms with Crippen LogP contribution in [-0.4, -0.2) is 38.1 Å². The maximum atomic E-state index is 11.8. The van der Waals surface area contributed by atoms with Crippen LogP contribution in [-0.2, 0) is 14.8 Å². The number of hydrogen-bond acceptors (Lipinski definition) is 6. The molecule has 0 unspecified atom stereocenters. The Bertz CT molecular complexity index is 611. The first-order valence-electron chi connectivity index (χ1n) is 4.82. The number of non-ortho nitro benzene ring substituents is 1. The van der Waals surface area contributed by atoms with E-state index < -0.39 is 27.5 Å². The van der Waals surface area contributed by atoms with Crippen molar-refractivity contribution in [1.29, 1.82) is 0 Å². The van der Waals surface area contributed by atoms with E-state index in [1.807, 2.05) is 4.72 Å². The molecule has 0 aliphatic rings. The summed E-state index contributed by atoms with van der Waals surface area (Å²) in [4.78, 5) is 19.8. The number of methoxy groups -OCH3 is 1. The molecule has 2 N–H and O–H groups in total. The van der Waals surface area contributed by atoms with Crippen molar-refractivity contribution in [2.24, 2.45) is 0 Å². The van der Waals surface area contributed by atoms with Crippen LogP contribution < -0.4 is 9.46 Å². The fourth-order valence-electron chi connectivity index (χ4n) is 1.23. The molecule has 0 saturated carbocycles. The Morgan fingerprint density at radius 3 is 2.63 bits per heavy atom. The Kier molecular flexibility index (Phi) is 4.40. The number of carbonyl (C=O) groups is 1. The van der Waals surface area contributed by atoms with Crippen LogP contribution in [0.5, 0.6) is 5.75 Å². The molecule has 0 aliphatic carbocycles. The molecule has 10 heteroatoms. The molecule has 104 valence electrons. The number of carboxylic acid groups (broad SMARTS) is 1. The Balaban J connectivity index is 3.19. The van der Waals surface area contributed by atoms with Gasteiger partial charge in [0.2, 0.25) is 10.0 Å². The number of rotatable bonds is 6. The summed E-state index contributed by atoms with van der Waals surface area (Å²) >= 11 is 0. The lowest BCUT2D eigenvalue weighted by atomic mass is 10.3. The molecule has 0 heterocycles. The van der Waals surface area contributed by atoms with Crippen molar-refractivity contribution in [2.45, 2.75) is 4.90 Å². The van der Waals surface area contributed by atoms with Crippen molar-refractivity contribution in [1.82, 2.24) is 4.72 Å². The maximum absolute atomic E-state index is 11.8. The predicted octanol–water partition coefficient (Wildman–Crippen LogP) is -0.0337. The average Bonchev–Trinajstić information content (AvgIpc) is 2.35. The van der Waals surface area contributed by atoms with Crippen molar-refractivity contribution >= 4 is 21.7 Å². The molecule has 0 bridgehead atoms. The van der Waals surface area contributed by atoms with Crippen LogP contribution in [0.2, 0.25) is 0 Å². The van der Waals surface area contributed by atoms with Crippen molar-refractivity contribution < 1.29 is 28.0 Å². The van der Waals surface area contributed by atoms with Gasteiger partial charge < -0.3 is 9.84 Å². The van der Waals surface area contributed by atoms with Crippen LogP contribution in [0.15, 0.2) is 23.1 Å². The second-order valence-electron chi connectivity index (χ2n) is 3.31. The summed E-state index contributed by atoms with van der Waals surface area (Å²) in [5, 5.41) is 19.0. The maximum Gasteiger partial charge on any atom is 0.318 e. The molecule has 0 fully saturated rings. The Hall–Kier alpha value is -2.20. The number of sulfonamides is 1. The van der Waals surface area contributed by atoms with Gasteiger partial charge in [-0.1, -0.05) is 0 Å². The molecule has 0 amide bonds. The molecule has 1 rings (SSSR count). The first-order chi connectivity index (χ1) is 8.77. The SMILES string of the molecule is COc1cc([N+](=O)[O-])ccc1S(=O)(=O)NCC(=O)O. The van der Waals surface area contributed by atoms with E-state index in [0.29, 0.717) is 0 Å². The number of nitro groups is 1. The number of ether oxygens (including phenoxy) is 1. The van der Waals surface area contributed by atoms with Crippen LogP contribution >= 0.6 is 0 Å². The van der Waals surface area contributed by atoms with Crippen LogP contribution in [0.1, 0.15) is 0 Å². The summed E-state index contributed by atoms with van der Waals surface area (Å²) in [6, 6.07) is 2.90. The predicted molar refractivity (Wildman–Crippen MR) is 62.5 cm³/mol. The molecule has 0 aromatic heterocycles. The van der Waals surface area contributed by atoms with Gasteiger partial charge in [0.25, 0.3) is 5.69 Å². The highest BCUT2D eigenvalue weighted by atomic mass is 32.2. The highest BCUT2D eigenvalue weighted by molar-refractivity contribution is 7.89. The minimum atomic E-state index is -4.12. The third-order valence-corrected chi connectivity index (χ3v) is 3.50. The minimum Gasteiger partial charge on any atom is -0.495 e. The standard InChI is InChI=1S/C9H10N2O7S/c1-18-7-4-6(11(14)15)2-3-8(7)19(16,17)10-5-9(12)13/h2-4,10H,5H2,1H3,(H,12,13). The highest BCUT2D eigenvalue weighted by Crippen LogP contribution is 2.27. The van der Waals surface area contributed by atoms with E-state index in [1.54, 1.807) is 0 Å². The number of nitrogens with zero attached hydrogens (tertiary/aromatic N) is 1. The topological polar surface area (TPSA) is 136 Å². The summed E-state index contributed by atoms with van der Waals surface area (Å²) in [6.45, 7) is -0.803. The van der Waals surface area contributed by atoms with Gasteiger partial charge in [-0.2, -0.15) is 4.72 Å². The molecule has 0 atom stereocenters. The van der Waals surface area contributed by atoms with Gasteiger partial charge in [0.15, 0.2) is 0 Å². The molecule has 1 aromatic carbocycles. The normalized spacial score (nSPS) is 11.0. The highest BCUT2D eigenvalue weighted by Gasteiger charge is 2.22. The van der Waals surface area contributed by atoms with Crippen LogP contribution in [0.3, 0.4) is 0 Å². The molecule has 0 aliphatic heterocycles. The van der Waals surface area contributed by atoms with Gasteiger partial charge in [0.1, 0.15) is 17.2 Å². The number of aliphatic carboxylic acids is 1. The lowest BCUT2D eigenvalue weighted by Gasteiger charge is -2.09. The van der Waals surface area contributed by atoms with E-state index >= 15 is 0 Å². The zero-order valence-electron chi connectivity index (χ0n) is 9.69. The second-order valence-corrected chi connectivity index (χ2v) is 5.05.